The number of amides is 1. The second kappa shape index (κ2) is 7.78. The van der Waals surface area contributed by atoms with Crippen molar-refractivity contribution in [1.82, 2.24) is 4.90 Å². The van der Waals surface area contributed by atoms with Crippen LogP contribution in [0, 0.1) is 5.92 Å². The fourth-order valence-corrected chi connectivity index (χ4v) is 4.34. The maximum atomic E-state index is 12.5. The molecule has 1 saturated heterocycles. The molecule has 0 N–H and O–H groups in total. The largest absolute Gasteiger partial charge is 0.461 e. The fraction of sp³-hybridized carbons (Fsp3) is 0.500. The lowest BCUT2D eigenvalue weighted by atomic mass is 10.1. The monoisotopic (exact) mass is 383 g/mol. The van der Waals surface area contributed by atoms with Crippen LogP contribution in [0.4, 0.5) is 0 Å². The van der Waals surface area contributed by atoms with E-state index < -0.39 is 11.5 Å². The number of likely N-dealkylation sites (tertiary alicyclic amines) is 1. The van der Waals surface area contributed by atoms with E-state index in [1.54, 1.807) is 0 Å². The molecule has 1 aromatic carbocycles. The molecule has 4 rings (SSSR count). The number of nitrogens with zero attached hydrogens (tertiary/aromatic N) is 1. The van der Waals surface area contributed by atoms with Gasteiger partial charge >= 0.3 is 11.6 Å². The summed E-state index contributed by atoms with van der Waals surface area (Å²) in [5, 5.41) is 0.764. The molecule has 1 aliphatic heterocycles. The Kier molecular flexibility index (Phi) is 5.20. The molecule has 6 heteroatoms. The van der Waals surface area contributed by atoms with E-state index in [2.05, 4.69) is 0 Å². The molecule has 1 atom stereocenters. The number of benzene rings is 1. The van der Waals surface area contributed by atoms with Gasteiger partial charge in [-0.3, -0.25) is 9.59 Å². The molecule has 0 unspecified atom stereocenters. The third-order valence-electron chi connectivity index (χ3n) is 5.93. The van der Waals surface area contributed by atoms with Gasteiger partial charge in [-0.15, -0.1) is 0 Å². The molecule has 0 bridgehead atoms. The third-order valence-corrected chi connectivity index (χ3v) is 5.93. The molecule has 1 amide bonds. The van der Waals surface area contributed by atoms with Gasteiger partial charge < -0.3 is 14.1 Å². The van der Waals surface area contributed by atoms with Crippen molar-refractivity contribution in [2.24, 2.45) is 5.92 Å². The lowest BCUT2D eigenvalue weighted by Gasteiger charge is -2.23. The van der Waals surface area contributed by atoms with Crippen LogP contribution < -0.4 is 5.63 Å². The minimum absolute atomic E-state index is 0.000520. The van der Waals surface area contributed by atoms with E-state index in [0.29, 0.717) is 17.7 Å². The van der Waals surface area contributed by atoms with Crippen LogP contribution in [0.5, 0.6) is 0 Å². The summed E-state index contributed by atoms with van der Waals surface area (Å²) >= 11 is 0. The van der Waals surface area contributed by atoms with Crippen molar-refractivity contribution in [2.45, 2.75) is 58.1 Å². The molecule has 1 aromatic heterocycles. The Morgan fingerprint density at radius 1 is 1.21 bits per heavy atom. The van der Waals surface area contributed by atoms with E-state index in [-0.39, 0.29) is 30.9 Å². The van der Waals surface area contributed by atoms with E-state index in [4.69, 9.17) is 9.15 Å². The van der Waals surface area contributed by atoms with Crippen LogP contribution in [0.2, 0.25) is 0 Å². The van der Waals surface area contributed by atoms with Crippen molar-refractivity contribution in [3.63, 3.8) is 0 Å². The number of hydrogen-bond donors (Lipinski definition) is 0. The predicted octanol–water partition coefficient (Wildman–Crippen LogP) is 3.19. The normalized spacial score (nSPS) is 20.2. The lowest BCUT2D eigenvalue weighted by Crippen LogP contribution is -2.35. The minimum Gasteiger partial charge on any atom is -0.461 e. The van der Waals surface area contributed by atoms with E-state index in [0.717, 1.165) is 43.1 Å². The van der Waals surface area contributed by atoms with Crippen LogP contribution in [0.15, 0.2) is 33.5 Å². The average molecular weight is 383 g/mol. The van der Waals surface area contributed by atoms with Crippen molar-refractivity contribution in [2.75, 3.05) is 6.54 Å². The summed E-state index contributed by atoms with van der Waals surface area (Å²) in [6.45, 7) is 2.48. The molecule has 1 aliphatic carbocycles. The summed E-state index contributed by atoms with van der Waals surface area (Å²) in [6, 6.07) is 7.35. The highest BCUT2D eigenvalue weighted by atomic mass is 16.5. The van der Waals surface area contributed by atoms with Gasteiger partial charge in [-0.05, 0) is 30.9 Å². The Morgan fingerprint density at radius 2 is 2.00 bits per heavy atom. The number of esters is 1. The quantitative estimate of drug-likeness (QED) is 0.585. The van der Waals surface area contributed by atoms with Crippen molar-refractivity contribution < 1.29 is 18.7 Å². The SMILES string of the molecule is CCc1ccc2c(COC(=O)[C@@H]3CC(=O)N(C4CCCC4)C3)cc(=O)oc2c1. The van der Waals surface area contributed by atoms with Gasteiger partial charge in [0, 0.05) is 36.0 Å². The summed E-state index contributed by atoms with van der Waals surface area (Å²) in [6.07, 6.45) is 5.40. The number of rotatable bonds is 5. The first kappa shape index (κ1) is 18.7. The summed E-state index contributed by atoms with van der Waals surface area (Å²) in [7, 11) is 0. The van der Waals surface area contributed by atoms with Gasteiger partial charge in [0.05, 0.1) is 5.92 Å². The molecular weight excluding hydrogens is 358 g/mol. The molecule has 6 nitrogen and oxygen atoms in total. The van der Waals surface area contributed by atoms with Crippen LogP contribution in [0.25, 0.3) is 11.0 Å². The maximum Gasteiger partial charge on any atom is 0.336 e. The third kappa shape index (κ3) is 3.68. The Morgan fingerprint density at radius 3 is 2.75 bits per heavy atom. The van der Waals surface area contributed by atoms with Gasteiger partial charge in [0.1, 0.15) is 12.2 Å². The van der Waals surface area contributed by atoms with Gasteiger partial charge in [-0.1, -0.05) is 31.9 Å². The lowest BCUT2D eigenvalue weighted by molar-refractivity contribution is -0.149. The maximum absolute atomic E-state index is 12.5. The minimum atomic E-state index is -0.463. The molecule has 0 radical (unpaired) electrons. The van der Waals surface area contributed by atoms with Gasteiger partial charge in [0.25, 0.3) is 0 Å². The fourth-order valence-electron chi connectivity index (χ4n) is 4.34. The Bertz CT molecular complexity index is 957. The predicted molar refractivity (Wildman–Crippen MR) is 104 cm³/mol. The number of carbonyl (C=O) groups is 2. The highest BCUT2D eigenvalue weighted by molar-refractivity contribution is 5.87. The van der Waals surface area contributed by atoms with Crippen LogP contribution in [0.3, 0.4) is 0 Å². The highest BCUT2D eigenvalue weighted by Gasteiger charge is 2.39. The molecule has 148 valence electrons. The molecule has 2 aromatic rings. The molecule has 28 heavy (non-hydrogen) atoms. The zero-order valence-corrected chi connectivity index (χ0v) is 16.1. The first-order chi connectivity index (χ1) is 13.5. The highest BCUT2D eigenvalue weighted by Crippen LogP contribution is 2.30. The number of ether oxygens (including phenoxy) is 1. The second-order valence-corrected chi connectivity index (χ2v) is 7.77. The summed E-state index contributed by atoms with van der Waals surface area (Å²) in [5.41, 5.74) is 1.73. The zero-order valence-electron chi connectivity index (χ0n) is 16.1. The van der Waals surface area contributed by atoms with E-state index in [1.165, 1.54) is 6.07 Å². The Balaban J connectivity index is 1.45. The van der Waals surface area contributed by atoms with Gasteiger partial charge in [-0.2, -0.15) is 0 Å². The molecule has 0 spiro atoms. The molecule has 2 aliphatic rings. The van der Waals surface area contributed by atoms with Crippen molar-refractivity contribution in [3.05, 3.63) is 45.8 Å². The topological polar surface area (TPSA) is 76.8 Å². The number of hydrogen-bond acceptors (Lipinski definition) is 5. The summed E-state index contributed by atoms with van der Waals surface area (Å²) in [4.78, 5) is 38.6. The van der Waals surface area contributed by atoms with Gasteiger partial charge in [-0.25, -0.2) is 4.79 Å². The smallest absolute Gasteiger partial charge is 0.336 e. The van der Waals surface area contributed by atoms with Crippen molar-refractivity contribution >= 4 is 22.8 Å². The van der Waals surface area contributed by atoms with Crippen molar-refractivity contribution in [1.29, 1.82) is 0 Å². The zero-order chi connectivity index (χ0) is 19.7. The number of fused-ring (bicyclic) bond motifs is 1. The van der Waals surface area contributed by atoms with E-state index in [9.17, 15) is 14.4 Å². The van der Waals surface area contributed by atoms with Gasteiger partial charge in [0.15, 0.2) is 0 Å². The van der Waals surface area contributed by atoms with Crippen LogP contribution in [-0.2, 0) is 27.4 Å². The van der Waals surface area contributed by atoms with Crippen LogP contribution >= 0.6 is 0 Å². The Hall–Kier alpha value is -2.63. The van der Waals surface area contributed by atoms with Crippen LogP contribution in [-0.4, -0.2) is 29.4 Å². The van der Waals surface area contributed by atoms with E-state index in [1.807, 2.05) is 30.0 Å². The van der Waals surface area contributed by atoms with Crippen molar-refractivity contribution in [3.8, 4) is 0 Å². The van der Waals surface area contributed by atoms with Gasteiger partial charge in [0.2, 0.25) is 5.91 Å². The standard InChI is InChI=1S/C22H25NO5/c1-2-14-7-8-18-16(11-21(25)28-19(18)9-14)13-27-22(26)15-10-20(24)23(12-15)17-5-3-4-6-17/h7-9,11,15,17H,2-6,10,12-13H2,1H3/t15-/m1/s1. The molecule has 2 heterocycles. The first-order valence-corrected chi connectivity index (χ1v) is 10.1. The molecule has 2 fully saturated rings. The number of aryl methyl sites for hydroxylation is 1. The second-order valence-electron chi connectivity index (χ2n) is 7.77. The van der Waals surface area contributed by atoms with Crippen LogP contribution in [0.1, 0.15) is 50.2 Å². The molecule has 1 saturated carbocycles. The average Bonchev–Trinajstić information content (AvgIpc) is 3.34. The number of carbonyl (C=O) groups excluding carboxylic acids is 2. The van der Waals surface area contributed by atoms with E-state index >= 15 is 0 Å². The first-order valence-electron chi connectivity index (χ1n) is 10.1. The summed E-state index contributed by atoms with van der Waals surface area (Å²) < 4.78 is 10.8. The molecular formula is C22H25NO5. The Labute approximate surface area is 163 Å². The summed E-state index contributed by atoms with van der Waals surface area (Å²) in [5.74, 6) is -0.752.